The second-order valence-electron chi connectivity index (χ2n) is 4.92. The molecule has 18 heavy (non-hydrogen) atoms. The van der Waals surface area contributed by atoms with E-state index in [2.05, 4.69) is 6.92 Å². The molecular formula is C15H18FNO. The average Bonchev–Trinajstić information content (AvgIpc) is 2.36. The summed E-state index contributed by atoms with van der Waals surface area (Å²) >= 11 is 0. The minimum absolute atomic E-state index is 0.0193. The monoisotopic (exact) mass is 247 g/mol. The molecule has 2 rings (SSSR count). The van der Waals surface area contributed by atoms with E-state index in [0.29, 0.717) is 11.5 Å². The SMILES string of the molecule is CC1CCCN(C(=O)/C=C/c2cccc(F)c2)C1. The number of likely N-dealkylation sites (tertiary alicyclic amines) is 1. The van der Waals surface area contributed by atoms with Gasteiger partial charge in [0.2, 0.25) is 5.91 Å². The Morgan fingerprint density at radius 3 is 3.06 bits per heavy atom. The fraction of sp³-hybridized carbons (Fsp3) is 0.400. The van der Waals surface area contributed by atoms with Crippen LogP contribution >= 0.6 is 0 Å². The van der Waals surface area contributed by atoms with Gasteiger partial charge in [-0.2, -0.15) is 0 Å². The highest BCUT2D eigenvalue weighted by Crippen LogP contribution is 2.16. The van der Waals surface area contributed by atoms with Crippen LogP contribution in [0.2, 0.25) is 0 Å². The molecule has 1 saturated heterocycles. The van der Waals surface area contributed by atoms with E-state index in [-0.39, 0.29) is 11.7 Å². The zero-order valence-corrected chi connectivity index (χ0v) is 10.6. The number of halogens is 1. The van der Waals surface area contributed by atoms with Gasteiger partial charge in [-0.25, -0.2) is 4.39 Å². The summed E-state index contributed by atoms with van der Waals surface area (Å²) in [4.78, 5) is 13.8. The third kappa shape index (κ3) is 3.42. The van der Waals surface area contributed by atoms with Crippen molar-refractivity contribution in [2.45, 2.75) is 19.8 Å². The first kappa shape index (κ1) is 12.8. The van der Waals surface area contributed by atoms with E-state index in [9.17, 15) is 9.18 Å². The number of carbonyl (C=O) groups excluding carboxylic acids is 1. The third-order valence-electron chi connectivity index (χ3n) is 3.24. The van der Waals surface area contributed by atoms with Gasteiger partial charge in [-0.15, -0.1) is 0 Å². The Kier molecular flexibility index (Phi) is 4.13. The number of hydrogen-bond acceptors (Lipinski definition) is 1. The number of nitrogens with zero attached hydrogens (tertiary/aromatic N) is 1. The van der Waals surface area contributed by atoms with Gasteiger partial charge in [-0.1, -0.05) is 19.1 Å². The highest BCUT2D eigenvalue weighted by Gasteiger charge is 2.18. The van der Waals surface area contributed by atoms with Gasteiger partial charge < -0.3 is 4.90 Å². The number of piperidine rings is 1. The molecule has 0 aliphatic carbocycles. The van der Waals surface area contributed by atoms with Crippen LogP contribution in [0.1, 0.15) is 25.3 Å². The predicted octanol–water partition coefficient (Wildman–Crippen LogP) is 3.10. The molecule has 1 aliphatic heterocycles. The first-order valence-corrected chi connectivity index (χ1v) is 6.38. The molecule has 0 aromatic heterocycles. The second-order valence-corrected chi connectivity index (χ2v) is 4.92. The predicted molar refractivity (Wildman–Crippen MR) is 70.4 cm³/mol. The summed E-state index contributed by atoms with van der Waals surface area (Å²) in [7, 11) is 0. The molecule has 1 aromatic carbocycles. The highest BCUT2D eigenvalue weighted by molar-refractivity contribution is 5.91. The number of rotatable bonds is 2. The summed E-state index contributed by atoms with van der Waals surface area (Å²) < 4.78 is 13.0. The van der Waals surface area contributed by atoms with Crippen molar-refractivity contribution < 1.29 is 9.18 Å². The summed E-state index contributed by atoms with van der Waals surface area (Å²) in [5.74, 6) is 0.312. The molecule has 0 N–H and O–H groups in total. The largest absolute Gasteiger partial charge is 0.339 e. The lowest BCUT2D eigenvalue weighted by molar-refractivity contribution is -0.127. The molecule has 1 amide bonds. The van der Waals surface area contributed by atoms with E-state index >= 15 is 0 Å². The van der Waals surface area contributed by atoms with Gasteiger partial charge in [0.1, 0.15) is 5.82 Å². The zero-order valence-electron chi connectivity index (χ0n) is 10.6. The molecule has 1 fully saturated rings. The van der Waals surface area contributed by atoms with Gasteiger partial charge in [0.15, 0.2) is 0 Å². The van der Waals surface area contributed by atoms with Crippen LogP contribution in [0.5, 0.6) is 0 Å². The summed E-state index contributed by atoms with van der Waals surface area (Å²) in [5, 5.41) is 0. The van der Waals surface area contributed by atoms with Crippen LogP contribution in [0, 0.1) is 11.7 Å². The van der Waals surface area contributed by atoms with Crippen LogP contribution in [0.3, 0.4) is 0 Å². The molecule has 0 saturated carbocycles. The molecule has 1 aromatic rings. The van der Waals surface area contributed by atoms with E-state index < -0.39 is 0 Å². The van der Waals surface area contributed by atoms with Gasteiger partial charge in [-0.3, -0.25) is 4.79 Å². The Labute approximate surface area is 107 Å². The summed E-state index contributed by atoms with van der Waals surface area (Å²) in [5.41, 5.74) is 0.716. The molecule has 2 nitrogen and oxygen atoms in total. The molecule has 96 valence electrons. The van der Waals surface area contributed by atoms with Gasteiger partial charge in [0.05, 0.1) is 0 Å². The van der Waals surface area contributed by atoms with E-state index in [1.54, 1.807) is 18.2 Å². The maximum absolute atomic E-state index is 13.0. The van der Waals surface area contributed by atoms with E-state index in [1.807, 2.05) is 4.90 Å². The molecule has 1 atom stereocenters. The summed E-state index contributed by atoms with van der Waals surface area (Å²) in [6.07, 6.45) is 5.47. The molecule has 0 spiro atoms. The normalized spacial score (nSPS) is 20.3. The minimum atomic E-state index is -0.281. The summed E-state index contributed by atoms with van der Waals surface area (Å²) in [6.45, 7) is 3.82. The van der Waals surface area contributed by atoms with Crippen molar-refractivity contribution in [2.75, 3.05) is 13.1 Å². The fourth-order valence-electron chi connectivity index (χ4n) is 2.27. The molecule has 0 radical (unpaired) electrons. The first-order chi connectivity index (χ1) is 8.65. The lowest BCUT2D eigenvalue weighted by Crippen LogP contribution is -2.38. The van der Waals surface area contributed by atoms with E-state index in [4.69, 9.17) is 0 Å². The fourth-order valence-corrected chi connectivity index (χ4v) is 2.27. The van der Waals surface area contributed by atoms with Crippen molar-refractivity contribution in [3.8, 4) is 0 Å². The molecule has 1 heterocycles. The van der Waals surface area contributed by atoms with Gasteiger partial charge in [0, 0.05) is 19.2 Å². The Morgan fingerprint density at radius 2 is 2.33 bits per heavy atom. The second kappa shape index (κ2) is 5.80. The van der Waals surface area contributed by atoms with Crippen LogP contribution in [0.15, 0.2) is 30.3 Å². The van der Waals surface area contributed by atoms with E-state index in [0.717, 1.165) is 19.5 Å². The lowest BCUT2D eigenvalue weighted by Gasteiger charge is -2.30. The van der Waals surface area contributed by atoms with Crippen molar-refractivity contribution in [1.82, 2.24) is 4.90 Å². The van der Waals surface area contributed by atoms with Crippen molar-refractivity contribution in [3.63, 3.8) is 0 Å². The standard InChI is InChI=1S/C15H18FNO/c1-12-4-3-9-17(11-12)15(18)8-7-13-5-2-6-14(16)10-13/h2,5-8,10,12H,3-4,9,11H2,1H3/b8-7+. The van der Waals surface area contributed by atoms with Crippen molar-refractivity contribution in [3.05, 3.63) is 41.7 Å². The van der Waals surface area contributed by atoms with Gasteiger partial charge >= 0.3 is 0 Å². The smallest absolute Gasteiger partial charge is 0.246 e. The third-order valence-corrected chi connectivity index (χ3v) is 3.24. The molecule has 1 aliphatic rings. The van der Waals surface area contributed by atoms with Crippen molar-refractivity contribution in [2.24, 2.45) is 5.92 Å². The Balaban J connectivity index is 1.98. The van der Waals surface area contributed by atoms with Gasteiger partial charge in [-0.05, 0) is 42.5 Å². The maximum atomic E-state index is 13.0. The Bertz CT molecular complexity index is 456. The van der Waals surface area contributed by atoms with Crippen LogP contribution in [0.25, 0.3) is 6.08 Å². The number of amides is 1. The number of hydrogen-bond donors (Lipinski definition) is 0. The highest BCUT2D eigenvalue weighted by atomic mass is 19.1. The van der Waals surface area contributed by atoms with Crippen LogP contribution in [-0.4, -0.2) is 23.9 Å². The average molecular weight is 247 g/mol. The van der Waals surface area contributed by atoms with Crippen LogP contribution in [0.4, 0.5) is 4.39 Å². The number of benzene rings is 1. The topological polar surface area (TPSA) is 20.3 Å². The minimum Gasteiger partial charge on any atom is -0.339 e. The Morgan fingerprint density at radius 1 is 1.50 bits per heavy atom. The molecule has 3 heteroatoms. The number of carbonyl (C=O) groups is 1. The molecule has 1 unspecified atom stereocenters. The summed E-state index contributed by atoms with van der Waals surface area (Å²) in [6, 6.07) is 6.24. The van der Waals surface area contributed by atoms with Crippen molar-refractivity contribution in [1.29, 1.82) is 0 Å². The van der Waals surface area contributed by atoms with E-state index in [1.165, 1.54) is 24.6 Å². The Hall–Kier alpha value is -1.64. The van der Waals surface area contributed by atoms with Crippen molar-refractivity contribution >= 4 is 12.0 Å². The molecular weight excluding hydrogens is 229 g/mol. The lowest BCUT2D eigenvalue weighted by atomic mass is 10.0. The van der Waals surface area contributed by atoms with Crippen LogP contribution in [-0.2, 0) is 4.79 Å². The molecule has 0 bridgehead atoms. The first-order valence-electron chi connectivity index (χ1n) is 6.38. The zero-order chi connectivity index (χ0) is 13.0. The van der Waals surface area contributed by atoms with Gasteiger partial charge in [0.25, 0.3) is 0 Å². The quantitative estimate of drug-likeness (QED) is 0.735. The maximum Gasteiger partial charge on any atom is 0.246 e. The van der Waals surface area contributed by atoms with Crippen LogP contribution < -0.4 is 0 Å².